The molecule has 92 valence electrons. The quantitative estimate of drug-likeness (QED) is 0.842. The van der Waals surface area contributed by atoms with E-state index in [0.29, 0.717) is 6.04 Å². The van der Waals surface area contributed by atoms with E-state index in [0.717, 1.165) is 12.8 Å². The summed E-state index contributed by atoms with van der Waals surface area (Å²) >= 11 is 7.20. The lowest BCUT2D eigenvalue weighted by atomic mass is 10.1. The summed E-state index contributed by atoms with van der Waals surface area (Å²) in [6.45, 7) is 2.22. The van der Waals surface area contributed by atoms with Crippen molar-refractivity contribution in [2.75, 3.05) is 7.05 Å². The summed E-state index contributed by atoms with van der Waals surface area (Å²) in [6, 6.07) is 4.90. The van der Waals surface area contributed by atoms with Crippen LogP contribution in [0.3, 0.4) is 0 Å². The summed E-state index contributed by atoms with van der Waals surface area (Å²) in [5.41, 5.74) is 1.48. The van der Waals surface area contributed by atoms with Gasteiger partial charge in [-0.1, -0.05) is 6.92 Å². The van der Waals surface area contributed by atoms with E-state index in [4.69, 9.17) is 0 Å². The van der Waals surface area contributed by atoms with E-state index in [1.165, 1.54) is 19.8 Å². The second-order valence-corrected chi connectivity index (χ2v) is 6.80. The lowest BCUT2D eigenvalue weighted by molar-refractivity contribution is 0.602. The van der Waals surface area contributed by atoms with Crippen LogP contribution in [0.4, 0.5) is 0 Å². The molecule has 0 fully saturated rings. The maximum absolute atomic E-state index is 3.51. The molecule has 1 atom stereocenters. The zero-order valence-corrected chi connectivity index (χ0v) is 13.2. The van der Waals surface area contributed by atoms with Gasteiger partial charge in [-0.25, -0.2) is 0 Å². The van der Waals surface area contributed by atoms with Gasteiger partial charge in [0.25, 0.3) is 0 Å². The summed E-state index contributed by atoms with van der Waals surface area (Å²) in [7, 11) is 2.05. The Morgan fingerprint density at radius 1 is 1.41 bits per heavy atom. The molecular weight excluding hydrogens is 314 g/mol. The van der Waals surface area contributed by atoms with Gasteiger partial charge in [0.1, 0.15) is 0 Å². The first-order valence-electron chi connectivity index (χ1n) is 5.71. The fourth-order valence-electron chi connectivity index (χ4n) is 1.93. The van der Waals surface area contributed by atoms with Crippen LogP contribution in [0.1, 0.15) is 28.3 Å². The van der Waals surface area contributed by atoms with E-state index in [9.17, 15) is 0 Å². The van der Waals surface area contributed by atoms with Crippen LogP contribution in [-0.2, 0) is 12.8 Å². The van der Waals surface area contributed by atoms with Crippen molar-refractivity contribution in [1.82, 2.24) is 5.32 Å². The number of rotatable bonds is 5. The highest BCUT2D eigenvalue weighted by atomic mass is 79.9. The Balaban J connectivity index is 2.16. The Bertz CT molecular complexity index is 475. The number of nitrogens with one attached hydrogen (secondary N) is 1. The topological polar surface area (TPSA) is 12.0 Å². The third-order valence-electron chi connectivity index (χ3n) is 2.85. The van der Waals surface area contributed by atoms with Gasteiger partial charge in [-0.15, -0.1) is 22.7 Å². The van der Waals surface area contributed by atoms with Crippen LogP contribution < -0.4 is 5.32 Å². The monoisotopic (exact) mass is 329 g/mol. The van der Waals surface area contributed by atoms with Crippen molar-refractivity contribution in [2.24, 2.45) is 0 Å². The highest BCUT2D eigenvalue weighted by Gasteiger charge is 2.15. The van der Waals surface area contributed by atoms with Gasteiger partial charge in [-0.05, 0) is 52.5 Å². The van der Waals surface area contributed by atoms with Gasteiger partial charge in [-0.3, -0.25) is 0 Å². The predicted molar refractivity (Wildman–Crippen MR) is 81.2 cm³/mol. The largest absolute Gasteiger partial charge is 0.312 e. The van der Waals surface area contributed by atoms with Gasteiger partial charge in [0.15, 0.2) is 0 Å². The zero-order chi connectivity index (χ0) is 12.3. The smallest absolute Gasteiger partial charge is 0.0463 e. The van der Waals surface area contributed by atoms with Crippen molar-refractivity contribution in [3.63, 3.8) is 0 Å². The van der Waals surface area contributed by atoms with Crippen molar-refractivity contribution >= 4 is 38.6 Å². The van der Waals surface area contributed by atoms with Crippen molar-refractivity contribution in [3.05, 3.63) is 42.7 Å². The van der Waals surface area contributed by atoms with Crippen LogP contribution >= 0.6 is 38.6 Å². The van der Waals surface area contributed by atoms with Gasteiger partial charge in [0, 0.05) is 32.1 Å². The summed E-state index contributed by atoms with van der Waals surface area (Å²) in [5.74, 6) is 0. The molecule has 0 saturated carbocycles. The van der Waals surface area contributed by atoms with Crippen LogP contribution in [0.2, 0.25) is 0 Å². The lowest BCUT2D eigenvalue weighted by Crippen LogP contribution is -2.18. The Hall–Kier alpha value is -0.160. The van der Waals surface area contributed by atoms with Gasteiger partial charge in [0.2, 0.25) is 0 Å². The van der Waals surface area contributed by atoms with Crippen molar-refractivity contribution in [3.8, 4) is 0 Å². The summed E-state index contributed by atoms with van der Waals surface area (Å²) in [6.07, 6.45) is 2.19. The van der Waals surface area contributed by atoms with Crippen molar-refractivity contribution < 1.29 is 0 Å². The average Bonchev–Trinajstić information content (AvgIpc) is 2.94. The molecule has 0 aliphatic rings. The molecule has 1 nitrogen and oxygen atoms in total. The molecule has 0 bridgehead atoms. The van der Waals surface area contributed by atoms with Crippen LogP contribution in [-0.4, -0.2) is 7.05 Å². The highest BCUT2D eigenvalue weighted by Crippen LogP contribution is 2.30. The molecule has 0 spiro atoms. The maximum atomic E-state index is 3.51. The second kappa shape index (κ2) is 6.14. The number of likely N-dealkylation sites (N-methyl/N-ethyl adjacent to an activating group) is 1. The zero-order valence-electron chi connectivity index (χ0n) is 10.00. The lowest BCUT2D eigenvalue weighted by Gasteiger charge is -2.15. The molecule has 0 saturated heterocycles. The van der Waals surface area contributed by atoms with E-state index in [1.807, 2.05) is 29.7 Å². The number of halogens is 1. The molecule has 2 aromatic heterocycles. The second-order valence-electron chi connectivity index (χ2n) is 3.94. The van der Waals surface area contributed by atoms with Crippen LogP contribution in [0, 0.1) is 0 Å². The van der Waals surface area contributed by atoms with Crippen LogP contribution in [0.15, 0.2) is 27.4 Å². The van der Waals surface area contributed by atoms with Gasteiger partial charge in [-0.2, -0.15) is 0 Å². The normalized spacial score (nSPS) is 12.9. The van der Waals surface area contributed by atoms with Crippen molar-refractivity contribution in [2.45, 2.75) is 25.8 Å². The number of thiophene rings is 2. The molecule has 0 amide bonds. The first kappa shape index (κ1) is 13.3. The van der Waals surface area contributed by atoms with Gasteiger partial charge < -0.3 is 5.32 Å². The minimum atomic E-state index is 0.440. The predicted octanol–water partition coefficient (Wildman–Crippen LogP) is 4.64. The SMILES string of the molecule is CCc1ccsc1C(Cc1cc(Br)cs1)NC. The molecule has 2 aromatic rings. The molecule has 0 aliphatic carbocycles. The number of hydrogen-bond acceptors (Lipinski definition) is 3. The molecule has 0 radical (unpaired) electrons. The van der Waals surface area contributed by atoms with E-state index >= 15 is 0 Å². The van der Waals surface area contributed by atoms with E-state index in [2.05, 4.69) is 51.1 Å². The van der Waals surface area contributed by atoms with Crippen LogP contribution in [0.25, 0.3) is 0 Å². The Morgan fingerprint density at radius 2 is 2.24 bits per heavy atom. The minimum Gasteiger partial charge on any atom is -0.312 e. The van der Waals surface area contributed by atoms with E-state index in [1.54, 1.807) is 0 Å². The first-order valence-corrected chi connectivity index (χ1v) is 8.26. The minimum absolute atomic E-state index is 0.440. The van der Waals surface area contributed by atoms with Gasteiger partial charge >= 0.3 is 0 Å². The Morgan fingerprint density at radius 3 is 2.82 bits per heavy atom. The maximum Gasteiger partial charge on any atom is 0.0463 e. The molecular formula is C13H16BrNS2. The summed E-state index contributed by atoms with van der Waals surface area (Å²) in [4.78, 5) is 2.91. The number of hydrogen-bond donors (Lipinski definition) is 1. The Labute approximate surface area is 119 Å². The third kappa shape index (κ3) is 3.19. The standard InChI is InChI=1S/C13H16BrNS2/c1-3-9-4-5-16-13(9)12(15-2)7-11-6-10(14)8-17-11/h4-6,8,12,15H,3,7H2,1-2H3. The molecule has 2 heterocycles. The average molecular weight is 330 g/mol. The molecule has 17 heavy (non-hydrogen) atoms. The van der Waals surface area contributed by atoms with Gasteiger partial charge in [0.05, 0.1) is 0 Å². The fraction of sp³-hybridized carbons (Fsp3) is 0.385. The molecule has 0 aliphatic heterocycles. The molecule has 2 rings (SSSR count). The van der Waals surface area contributed by atoms with Crippen LogP contribution in [0.5, 0.6) is 0 Å². The fourth-order valence-corrected chi connectivity index (χ4v) is 4.54. The molecule has 1 N–H and O–H groups in total. The Kier molecular flexibility index (Phi) is 4.79. The first-order chi connectivity index (χ1) is 8.24. The molecule has 1 unspecified atom stereocenters. The summed E-state index contributed by atoms with van der Waals surface area (Å²) in [5, 5.41) is 7.79. The molecule has 4 heteroatoms. The molecule has 0 aromatic carbocycles. The van der Waals surface area contributed by atoms with Crippen molar-refractivity contribution in [1.29, 1.82) is 0 Å². The van der Waals surface area contributed by atoms with E-state index in [-0.39, 0.29) is 0 Å². The van der Waals surface area contributed by atoms with E-state index < -0.39 is 0 Å². The highest BCUT2D eigenvalue weighted by molar-refractivity contribution is 9.10. The number of aryl methyl sites for hydroxylation is 1. The summed E-state index contributed by atoms with van der Waals surface area (Å²) < 4.78 is 1.19. The third-order valence-corrected chi connectivity index (χ3v) is 5.65.